The fourth-order valence-electron chi connectivity index (χ4n) is 1.10. The number of ketones is 1. The molecule has 1 saturated carbocycles. The van der Waals surface area contributed by atoms with E-state index in [-0.39, 0.29) is 7.43 Å². The van der Waals surface area contributed by atoms with Crippen LogP contribution >= 0.6 is 0 Å². The number of hydrogen-bond donors (Lipinski definition) is 0. The van der Waals surface area contributed by atoms with Crippen LogP contribution in [-0.4, -0.2) is 5.78 Å². The van der Waals surface area contributed by atoms with E-state index in [1.807, 2.05) is 0 Å². The summed E-state index contributed by atoms with van der Waals surface area (Å²) in [5.74, 6) is 1.11. The van der Waals surface area contributed by atoms with E-state index in [1.165, 1.54) is 19.3 Å². The second-order valence-corrected chi connectivity index (χ2v) is 2.70. The van der Waals surface area contributed by atoms with Gasteiger partial charge >= 0.3 is 0 Å². The van der Waals surface area contributed by atoms with Crippen LogP contribution in [0.15, 0.2) is 0 Å². The molecule has 0 saturated heterocycles. The van der Waals surface area contributed by atoms with E-state index >= 15 is 0 Å². The van der Waals surface area contributed by atoms with Crippen molar-refractivity contribution < 1.29 is 4.79 Å². The highest BCUT2D eigenvalue weighted by molar-refractivity contribution is 5.75. The molecule has 0 aromatic rings. The molecule has 0 heterocycles. The molecule has 54 valence electrons. The Balaban J connectivity index is 0.000000640. The fourth-order valence-corrected chi connectivity index (χ4v) is 1.10. The lowest BCUT2D eigenvalue weighted by Gasteiger charge is -2.23. The van der Waals surface area contributed by atoms with Crippen molar-refractivity contribution in [2.24, 2.45) is 5.92 Å². The molecule has 0 aromatic heterocycles. The van der Waals surface area contributed by atoms with E-state index in [1.54, 1.807) is 6.92 Å². The largest absolute Gasteiger partial charge is 0.300 e. The molecule has 0 N–H and O–H groups in total. The summed E-state index contributed by atoms with van der Waals surface area (Å²) in [6.45, 7) is 1.68. The summed E-state index contributed by atoms with van der Waals surface area (Å²) in [6, 6.07) is 0. The lowest BCUT2D eigenvalue weighted by atomic mass is 9.82. The SMILES string of the molecule is C.CC(=O)CC1CCC1. The molecule has 0 aliphatic heterocycles. The van der Waals surface area contributed by atoms with Crippen LogP contribution in [0.4, 0.5) is 0 Å². The van der Waals surface area contributed by atoms with Crippen molar-refractivity contribution in [1.82, 2.24) is 0 Å². The fraction of sp³-hybridized carbons (Fsp3) is 0.875. The van der Waals surface area contributed by atoms with Crippen molar-refractivity contribution in [3.63, 3.8) is 0 Å². The van der Waals surface area contributed by atoms with Crippen LogP contribution < -0.4 is 0 Å². The summed E-state index contributed by atoms with van der Waals surface area (Å²) >= 11 is 0. The lowest BCUT2D eigenvalue weighted by molar-refractivity contribution is -0.118. The van der Waals surface area contributed by atoms with E-state index in [4.69, 9.17) is 0 Å². The molecule has 1 heteroatoms. The Kier molecular flexibility index (Phi) is 3.52. The van der Waals surface area contributed by atoms with Gasteiger partial charge in [-0.3, -0.25) is 0 Å². The van der Waals surface area contributed by atoms with E-state index in [9.17, 15) is 4.79 Å². The molecular weight excluding hydrogens is 112 g/mol. The Morgan fingerprint density at radius 3 is 2.22 bits per heavy atom. The first kappa shape index (κ1) is 8.67. The van der Waals surface area contributed by atoms with Gasteiger partial charge in [-0.2, -0.15) is 0 Å². The quantitative estimate of drug-likeness (QED) is 0.558. The minimum absolute atomic E-state index is 0. The number of carbonyl (C=O) groups excluding carboxylic acids is 1. The summed E-state index contributed by atoms with van der Waals surface area (Å²) < 4.78 is 0. The first-order valence-corrected chi connectivity index (χ1v) is 3.28. The Morgan fingerprint density at radius 1 is 1.56 bits per heavy atom. The normalized spacial score (nSPS) is 17.9. The zero-order chi connectivity index (χ0) is 5.98. The highest BCUT2D eigenvalue weighted by Gasteiger charge is 2.18. The summed E-state index contributed by atoms with van der Waals surface area (Å²) in [5, 5.41) is 0. The first-order chi connectivity index (χ1) is 3.79. The predicted octanol–water partition coefficient (Wildman–Crippen LogP) is 2.40. The van der Waals surface area contributed by atoms with Crippen LogP contribution in [0.5, 0.6) is 0 Å². The van der Waals surface area contributed by atoms with Crippen LogP contribution in [-0.2, 0) is 4.79 Å². The number of rotatable bonds is 2. The Morgan fingerprint density at radius 2 is 2.11 bits per heavy atom. The third-order valence-electron chi connectivity index (χ3n) is 1.80. The monoisotopic (exact) mass is 128 g/mol. The third-order valence-corrected chi connectivity index (χ3v) is 1.80. The minimum atomic E-state index is 0. The van der Waals surface area contributed by atoms with Gasteiger partial charge in [-0.05, 0) is 12.8 Å². The van der Waals surface area contributed by atoms with Gasteiger partial charge in [0.15, 0.2) is 0 Å². The smallest absolute Gasteiger partial charge is 0.130 e. The van der Waals surface area contributed by atoms with E-state index in [2.05, 4.69) is 0 Å². The van der Waals surface area contributed by atoms with Gasteiger partial charge in [0.2, 0.25) is 0 Å². The van der Waals surface area contributed by atoms with Gasteiger partial charge in [0.25, 0.3) is 0 Å². The number of hydrogen-bond acceptors (Lipinski definition) is 1. The number of carbonyl (C=O) groups is 1. The molecule has 0 aromatic carbocycles. The summed E-state index contributed by atoms with van der Waals surface area (Å²) in [7, 11) is 0. The van der Waals surface area contributed by atoms with Crippen molar-refractivity contribution in [3.8, 4) is 0 Å². The van der Waals surface area contributed by atoms with Crippen LogP contribution in [0.25, 0.3) is 0 Å². The van der Waals surface area contributed by atoms with Gasteiger partial charge in [0.05, 0.1) is 0 Å². The van der Waals surface area contributed by atoms with E-state index in [0.29, 0.717) is 5.78 Å². The average molecular weight is 128 g/mol. The van der Waals surface area contributed by atoms with Crippen LogP contribution in [0.1, 0.15) is 40.0 Å². The Hall–Kier alpha value is -0.330. The van der Waals surface area contributed by atoms with Crippen molar-refractivity contribution in [2.75, 3.05) is 0 Å². The van der Waals surface area contributed by atoms with Gasteiger partial charge in [-0.25, -0.2) is 0 Å². The lowest BCUT2D eigenvalue weighted by Crippen LogP contribution is -2.13. The maximum absolute atomic E-state index is 10.4. The van der Waals surface area contributed by atoms with E-state index < -0.39 is 0 Å². The molecule has 0 radical (unpaired) electrons. The second kappa shape index (κ2) is 3.65. The molecule has 0 bridgehead atoms. The maximum Gasteiger partial charge on any atom is 0.130 e. The predicted molar refractivity (Wildman–Crippen MR) is 39.4 cm³/mol. The third kappa shape index (κ3) is 2.64. The van der Waals surface area contributed by atoms with Gasteiger partial charge in [0.1, 0.15) is 5.78 Å². The summed E-state index contributed by atoms with van der Waals surface area (Å²) in [4.78, 5) is 10.4. The summed E-state index contributed by atoms with van der Waals surface area (Å²) in [6.07, 6.45) is 4.76. The van der Waals surface area contributed by atoms with Crippen molar-refractivity contribution in [3.05, 3.63) is 0 Å². The summed E-state index contributed by atoms with van der Waals surface area (Å²) in [5.41, 5.74) is 0. The van der Waals surface area contributed by atoms with Crippen LogP contribution in [0.2, 0.25) is 0 Å². The van der Waals surface area contributed by atoms with Gasteiger partial charge in [-0.15, -0.1) is 0 Å². The standard InChI is InChI=1S/C7H12O.CH4/c1-6(8)5-7-3-2-4-7;/h7H,2-5H2,1H3;1H4. The molecule has 1 rings (SSSR count). The highest BCUT2D eigenvalue weighted by atomic mass is 16.1. The number of Topliss-reactive ketones (excluding diaryl/α,β-unsaturated/α-hetero) is 1. The zero-order valence-electron chi connectivity index (χ0n) is 5.31. The average Bonchev–Trinajstić information content (AvgIpc) is 1.55. The highest BCUT2D eigenvalue weighted by Crippen LogP contribution is 2.29. The molecule has 9 heavy (non-hydrogen) atoms. The Labute approximate surface area is 57.5 Å². The molecule has 0 unspecified atom stereocenters. The molecule has 1 fully saturated rings. The maximum atomic E-state index is 10.4. The molecule has 0 spiro atoms. The molecular formula is C8H16O. The van der Waals surface area contributed by atoms with Gasteiger partial charge in [-0.1, -0.05) is 26.7 Å². The van der Waals surface area contributed by atoms with Crippen molar-refractivity contribution in [1.29, 1.82) is 0 Å². The zero-order valence-corrected chi connectivity index (χ0v) is 5.31. The molecule has 0 amide bonds. The molecule has 0 atom stereocenters. The second-order valence-electron chi connectivity index (χ2n) is 2.70. The first-order valence-electron chi connectivity index (χ1n) is 3.28. The van der Waals surface area contributed by atoms with Crippen molar-refractivity contribution >= 4 is 5.78 Å². The van der Waals surface area contributed by atoms with Crippen molar-refractivity contribution in [2.45, 2.75) is 40.0 Å². The molecule has 1 aliphatic rings. The van der Waals surface area contributed by atoms with Gasteiger partial charge in [0, 0.05) is 6.42 Å². The van der Waals surface area contributed by atoms with E-state index in [0.717, 1.165) is 12.3 Å². The van der Waals surface area contributed by atoms with Gasteiger partial charge < -0.3 is 4.79 Å². The Bertz CT molecular complexity index is 92.7. The van der Waals surface area contributed by atoms with Crippen LogP contribution in [0.3, 0.4) is 0 Å². The van der Waals surface area contributed by atoms with Crippen LogP contribution in [0, 0.1) is 5.92 Å². The minimum Gasteiger partial charge on any atom is -0.300 e. The molecule has 1 nitrogen and oxygen atoms in total. The topological polar surface area (TPSA) is 17.1 Å². The molecule has 1 aliphatic carbocycles.